The van der Waals surface area contributed by atoms with Crippen LogP contribution in [0, 0.1) is 13.8 Å². The van der Waals surface area contributed by atoms with E-state index in [9.17, 15) is 4.79 Å². The lowest BCUT2D eigenvalue weighted by molar-refractivity contribution is 0.102. The first kappa shape index (κ1) is 14.0. The average molecular weight is 292 g/mol. The van der Waals surface area contributed by atoms with Crippen molar-refractivity contribution < 1.29 is 4.79 Å². The fraction of sp³-hybridized carbons (Fsp3) is 0.118. The Morgan fingerprint density at radius 2 is 1.91 bits per heavy atom. The normalized spacial score (nSPS) is 10.5. The predicted molar refractivity (Wildman–Crippen MR) is 85.2 cm³/mol. The van der Waals surface area contributed by atoms with Gasteiger partial charge in [-0.1, -0.05) is 6.07 Å². The van der Waals surface area contributed by atoms with Gasteiger partial charge in [0.15, 0.2) is 0 Å². The lowest BCUT2D eigenvalue weighted by atomic mass is 10.1. The lowest BCUT2D eigenvalue weighted by Crippen LogP contribution is -2.12. The number of amides is 1. The molecule has 0 aliphatic rings. The van der Waals surface area contributed by atoms with Crippen molar-refractivity contribution >= 4 is 11.6 Å². The lowest BCUT2D eigenvalue weighted by Gasteiger charge is -2.08. The Morgan fingerprint density at radius 1 is 1.14 bits per heavy atom. The van der Waals surface area contributed by atoms with Crippen LogP contribution in [0.15, 0.2) is 55.2 Å². The van der Waals surface area contributed by atoms with E-state index in [0.717, 1.165) is 22.6 Å². The van der Waals surface area contributed by atoms with E-state index in [1.54, 1.807) is 41.6 Å². The monoisotopic (exact) mass is 292 g/mol. The van der Waals surface area contributed by atoms with Crippen molar-refractivity contribution in [3.63, 3.8) is 0 Å². The second kappa shape index (κ2) is 5.81. The van der Waals surface area contributed by atoms with Gasteiger partial charge in [0.25, 0.3) is 5.91 Å². The molecule has 1 aromatic carbocycles. The van der Waals surface area contributed by atoms with Crippen molar-refractivity contribution in [1.29, 1.82) is 0 Å². The molecule has 0 fully saturated rings. The molecular formula is C17H16N4O. The van der Waals surface area contributed by atoms with E-state index in [1.165, 1.54) is 0 Å². The minimum atomic E-state index is -0.172. The van der Waals surface area contributed by atoms with E-state index in [2.05, 4.69) is 21.4 Å². The molecule has 2 aromatic heterocycles. The first-order valence-electron chi connectivity index (χ1n) is 6.96. The smallest absolute Gasteiger partial charge is 0.257 e. The van der Waals surface area contributed by atoms with Crippen molar-refractivity contribution in [2.75, 3.05) is 5.32 Å². The molecule has 2 heterocycles. The summed E-state index contributed by atoms with van der Waals surface area (Å²) in [7, 11) is 0. The summed E-state index contributed by atoms with van der Waals surface area (Å²) in [5.41, 5.74) is 3.54. The zero-order chi connectivity index (χ0) is 15.5. The number of rotatable bonds is 3. The number of aromatic nitrogens is 3. The molecule has 5 heteroatoms. The maximum absolute atomic E-state index is 12.3. The largest absolute Gasteiger partial charge is 0.322 e. The molecule has 110 valence electrons. The van der Waals surface area contributed by atoms with Gasteiger partial charge in [-0.15, -0.1) is 0 Å². The highest BCUT2D eigenvalue weighted by atomic mass is 16.1. The Morgan fingerprint density at radius 3 is 2.50 bits per heavy atom. The van der Waals surface area contributed by atoms with E-state index in [1.807, 2.05) is 26.0 Å². The summed E-state index contributed by atoms with van der Waals surface area (Å²) in [5.74, 6) is 0.551. The Hall–Kier alpha value is -2.95. The van der Waals surface area contributed by atoms with Crippen LogP contribution in [0.3, 0.4) is 0 Å². The summed E-state index contributed by atoms with van der Waals surface area (Å²) in [4.78, 5) is 20.5. The molecule has 0 radical (unpaired) electrons. The van der Waals surface area contributed by atoms with E-state index in [0.29, 0.717) is 5.56 Å². The number of aryl methyl sites for hydroxylation is 2. The molecule has 22 heavy (non-hydrogen) atoms. The van der Waals surface area contributed by atoms with Crippen molar-refractivity contribution in [2.24, 2.45) is 0 Å². The van der Waals surface area contributed by atoms with Crippen LogP contribution in [0.2, 0.25) is 0 Å². The van der Waals surface area contributed by atoms with Gasteiger partial charge in [-0.2, -0.15) is 0 Å². The number of anilines is 1. The van der Waals surface area contributed by atoms with Crippen LogP contribution in [-0.4, -0.2) is 20.4 Å². The van der Waals surface area contributed by atoms with Crippen LogP contribution in [0.4, 0.5) is 5.69 Å². The number of imidazole rings is 1. The maximum atomic E-state index is 12.3. The quantitative estimate of drug-likeness (QED) is 0.806. The molecule has 0 aliphatic heterocycles. The predicted octanol–water partition coefficient (Wildman–Crippen LogP) is 3.14. The molecule has 1 amide bonds. The van der Waals surface area contributed by atoms with E-state index in [4.69, 9.17) is 0 Å². The zero-order valence-corrected chi connectivity index (χ0v) is 12.4. The van der Waals surface area contributed by atoms with Crippen LogP contribution in [0.25, 0.3) is 5.82 Å². The van der Waals surface area contributed by atoms with Crippen LogP contribution < -0.4 is 5.32 Å². The van der Waals surface area contributed by atoms with Gasteiger partial charge in [0.2, 0.25) is 0 Å². The summed E-state index contributed by atoms with van der Waals surface area (Å²) in [5, 5.41) is 2.90. The maximum Gasteiger partial charge on any atom is 0.257 e. The molecule has 3 rings (SSSR count). The number of carbonyl (C=O) groups is 1. The summed E-state index contributed by atoms with van der Waals surface area (Å²) >= 11 is 0. The van der Waals surface area contributed by atoms with Gasteiger partial charge < -0.3 is 5.32 Å². The van der Waals surface area contributed by atoms with Gasteiger partial charge in [0.05, 0.1) is 5.56 Å². The molecule has 5 nitrogen and oxygen atoms in total. The third kappa shape index (κ3) is 3.03. The average Bonchev–Trinajstić information content (AvgIpc) is 3.00. The second-order valence-electron chi connectivity index (χ2n) is 5.21. The number of pyridine rings is 1. The molecule has 0 atom stereocenters. The molecule has 0 bridgehead atoms. The number of hydrogen-bond acceptors (Lipinski definition) is 3. The first-order chi connectivity index (χ1) is 10.6. The first-order valence-corrected chi connectivity index (χ1v) is 6.96. The molecule has 0 unspecified atom stereocenters. The topological polar surface area (TPSA) is 59.8 Å². The Kier molecular flexibility index (Phi) is 3.70. The standard InChI is InChI=1S/C17H16N4O/c1-12-7-13(2)9-15(8-12)20-17(22)14-3-4-16(19-10-14)21-6-5-18-11-21/h3-11H,1-2H3,(H,20,22). The molecule has 3 aromatic rings. The highest BCUT2D eigenvalue weighted by Gasteiger charge is 2.08. The van der Waals surface area contributed by atoms with Crippen LogP contribution >= 0.6 is 0 Å². The summed E-state index contributed by atoms with van der Waals surface area (Å²) in [6.07, 6.45) is 6.71. The highest BCUT2D eigenvalue weighted by Crippen LogP contribution is 2.15. The van der Waals surface area contributed by atoms with Crippen LogP contribution in [-0.2, 0) is 0 Å². The molecular weight excluding hydrogens is 276 g/mol. The summed E-state index contributed by atoms with van der Waals surface area (Å²) in [6.45, 7) is 4.01. The van der Waals surface area contributed by atoms with Gasteiger partial charge >= 0.3 is 0 Å². The molecule has 1 N–H and O–H groups in total. The van der Waals surface area contributed by atoms with Crippen molar-refractivity contribution in [1.82, 2.24) is 14.5 Å². The van der Waals surface area contributed by atoms with Crippen LogP contribution in [0.5, 0.6) is 0 Å². The second-order valence-corrected chi connectivity index (χ2v) is 5.21. The third-order valence-electron chi connectivity index (χ3n) is 3.26. The van der Waals surface area contributed by atoms with Gasteiger partial charge in [-0.25, -0.2) is 9.97 Å². The Bertz CT molecular complexity index is 772. The fourth-order valence-electron chi connectivity index (χ4n) is 2.32. The van der Waals surface area contributed by atoms with Crippen molar-refractivity contribution in [3.05, 3.63) is 71.9 Å². The minimum Gasteiger partial charge on any atom is -0.322 e. The van der Waals surface area contributed by atoms with Crippen LogP contribution in [0.1, 0.15) is 21.5 Å². The van der Waals surface area contributed by atoms with Gasteiger partial charge in [0.1, 0.15) is 12.1 Å². The zero-order valence-electron chi connectivity index (χ0n) is 12.4. The molecule has 0 spiro atoms. The summed E-state index contributed by atoms with van der Waals surface area (Å²) in [6, 6.07) is 9.49. The van der Waals surface area contributed by atoms with Crippen molar-refractivity contribution in [2.45, 2.75) is 13.8 Å². The van der Waals surface area contributed by atoms with Crippen molar-refractivity contribution in [3.8, 4) is 5.82 Å². The number of benzene rings is 1. The fourth-order valence-corrected chi connectivity index (χ4v) is 2.32. The van der Waals surface area contributed by atoms with E-state index < -0.39 is 0 Å². The molecule has 0 aliphatic carbocycles. The highest BCUT2D eigenvalue weighted by molar-refractivity contribution is 6.04. The van der Waals surface area contributed by atoms with E-state index in [-0.39, 0.29) is 5.91 Å². The molecule has 0 saturated heterocycles. The van der Waals surface area contributed by atoms with Gasteiger partial charge in [-0.05, 0) is 49.2 Å². The summed E-state index contributed by atoms with van der Waals surface area (Å²) < 4.78 is 1.78. The number of hydrogen-bond donors (Lipinski definition) is 1. The molecule has 0 saturated carbocycles. The number of nitrogens with zero attached hydrogens (tertiary/aromatic N) is 3. The van der Waals surface area contributed by atoms with Gasteiger partial charge in [0, 0.05) is 24.3 Å². The Labute approximate surface area is 128 Å². The SMILES string of the molecule is Cc1cc(C)cc(NC(=O)c2ccc(-n3ccnc3)nc2)c1. The number of carbonyl (C=O) groups excluding carboxylic acids is 1. The Balaban J connectivity index is 1.77. The van der Waals surface area contributed by atoms with Gasteiger partial charge in [-0.3, -0.25) is 9.36 Å². The third-order valence-corrected chi connectivity index (χ3v) is 3.26. The minimum absolute atomic E-state index is 0.172. The van der Waals surface area contributed by atoms with E-state index >= 15 is 0 Å². The number of nitrogens with one attached hydrogen (secondary N) is 1.